The maximum atomic E-state index is 12.3. The second-order valence-electron chi connectivity index (χ2n) is 7.58. The number of hydrogen-bond acceptors (Lipinski definition) is 3. The van der Waals surface area contributed by atoms with Gasteiger partial charge in [0, 0.05) is 6.61 Å². The standard InChI is InChI=1S/C15H32O3Si/c1-9-18-19(8)11-17-13(16)12(15(5,6)7)10-14(2,3)4/h12,19H,9-11H2,1-8H3. The number of esters is 1. The molecule has 4 heteroatoms. The van der Waals surface area contributed by atoms with Crippen molar-refractivity contribution in [3.05, 3.63) is 0 Å². The van der Waals surface area contributed by atoms with Crippen molar-refractivity contribution >= 4 is 15.0 Å². The minimum atomic E-state index is -1.35. The van der Waals surface area contributed by atoms with Crippen molar-refractivity contribution in [2.75, 3.05) is 12.8 Å². The van der Waals surface area contributed by atoms with E-state index in [2.05, 4.69) is 48.1 Å². The minimum Gasteiger partial charge on any atom is -0.467 e. The summed E-state index contributed by atoms with van der Waals surface area (Å²) in [5.74, 6) is -0.128. The van der Waals surface area contributed by atoms with Crippen LogP contribution in [-0.2, 0) is 14.0 Å². The van der Waals surface area contributed by atoms with Crippen molar-refractivity contribution in [2.45, 2.75) is 61.4 Å². The normalized spacial score (nSPS) is 16.0. The van der Waals surface area contributed by atoms with E-state index in [9.17, 15) is 4.79 Å². The fraction of sp³-hybridized carbons (Fsp3) is 0.933. The van der Waals surface area contributed by atoms with Crippen LogP contribution < -0.4 is 0 Å². The number of carbonyl (C=O) groups excluding carboxylic acids is 1. The average molecular weight is 289 g/mol. The number of rotatable bonds is 6. The quantitative estimate of drug-likeness (QED) is 0.554. The monoisotopic (exact) mass is 288 g/mol. The van der Waals surface area contributed by atoms with E-state index in [1.807, 2.05) is 6.92 Å². The predicted octanol–water partition coefficient (Wildman–Crippen LogP) is 3.56. The summed E-state index contributed by atoms with van der Waals surface area (Å²) in [5, 5.41) is 0. The largest absolute Gasteiger partial charge is 0.467 e. The Hall–Kier alpha value is -0.353. The molecule has 0 heterocycles. The summed E-state index contributed by atoms with van der Waals surface area (Å²) in [6.07, 6.45) is 1.32. The molecule has 0 aliphatic carbocycles. The Bertz CT molecular complexity index is 276. The van der Waals surface area contributed by atoms with Gasteiger partial charge in [-0.3, -0.25) is 4.79 Å². The minimum absolute atomic E-state index is 0.0599. The van der Waals surface area contributed by atoms with Crippen LogP contribution in [0.2, 0.25) is 6.55 Å². The van der Waals surface area contributed by atoms with Crippen LogP contribution in [0.25, 0.3) is 0 Å². The van der Waals surface area contributed by atoms with Crippen LogP contribution in [0.1, 0.15) is 54.9 Å². The van der Waals surface area contributed by atoms with Gasteiger partial charge in [-0.2, -0.15) is 0 Å². The molecule has 0 saturated heterocycles. The third-order valence-corrected chi connectivity index (χ3v) is 4.60. The Morgan fingerprint density at radius 3 is 2.05 bits per heavy atom. The first-order valence-corrected chi connectivity index (χ1v) is 9.70. The molecule has 0 fully saturated rings. The third kappa shape index (κ3) is 8.42. The molecule has 19 heavy (non-hydrogen) atoms. The molecule has 2 atom stereocenters. The van der Waals surface area contributed by atoms with Crippen LogP contribution in [0.4, 0.5) is 0 Å². The van der Waals surface area contributed by atoms with E-state index in [1.54, 1.807) is 0 Å². The van der Waals surface area contributed by atoms with E-state index in [0.717, 1.165) is 6.42 Å². The van der Waals surface area contributed by atoms with E-state index in [-0.39, 0.29) is 22.7 Å². The fourth-order valence-corrected chi connectivity index (χ4v) is 3.05. The maximum absolute atomic E-state index is 12.3. The van der Waals surface area contributed by atoms with E-state index in [0.29, 0.717) is 12.8 Å². The fourth-order valence-electron chi connectivity index (χ4n) is 1.99. The van der Waals surface area contributed by atoms with Gasteiger partial charge in [0.15, 0.2) is 0 Å². The van der Waals surface area contributed by atoms with Crippen LogP contribution in [0.3, 0.4) is 0 Å². The zero-order valence-corrected chi connectivity index (χ0v) is 15.2. The lowest BCUT2D eigenvalue weighted by Crippen LogP contribution is -2.35. The lowest BCUT2D eigenvalue weighted by molar-refractivity contribution is -0.152. The van der Waals surface area contributed by atoms with Gasteiger partial charge in [0.1, 0.15) is 6.23 Å². The van der Waals surface area contributed by atoms with Crippen molar-refractivity contribution in [2.24, 2.45) is 16.7 Å². The number of hydrogen-bond donors (Lipinski definition) is 0. The van der Waals surface area contributed by atoms with Crippen LogP contribution >= 0.6 is 0 Å². The molecule has 0 spiro atoms. The van der Waals surface area contributed by atoms with Crippen LogP contribution in [0.15, 0.2) is 0 Å². The van der Waals surface area contributed by atoms with Crippen molar-refractivity contribution < 1.29 is 14.0 Å². The predicted molar refractivity (Wildman–Crippen MR) is 82.6 cm³/mol. The van der Waals surface area contributed by atoms with Gasteiger partial charge in [-0.25, -0.2) is 0 Å². The molecular weight excluding hydrogens is 256 g/mol. The molecule has 0 bridgehead atoms. The molecule has 3 nitrogen and oxygen atoms in total. The summed E-state index contributed by atoms with van der Waals surface area (Å²) in [7, 11) is -1.35. The molecule has 0 saturated carbocycles. The molecule has 0 radical (unpaired) electrons. The van der Waals surface area contributed by atoms with Crippen molar-refractivity contribution in [3.63, 3.8) is 0 Å². The van der Waals surface area contributed by atoms with Crippen LogP contribution in [0.5, 0.6) is 0 Å². The molecule has 2 unspecified atom stereocenters. The zero-order valence-electron chi connectivity index (χ0n) is 14.0. The summed E-state index contributed by atoms with van der Waals surface area (Å²) in [4.78, 5) is 12.3. The third-order valence-electron chi connectivity index (χ3n) is 3.06. The number of ether oxygens (including phenoxy) is 1. The second-order valence-corrected chi connectivity index (χ2v) is 9.87. The van der Waals surface area contributed by atoms with Crippen LogP contribution in [0, 0.1) is 16.7 Å². The maximum Gasteiger partial charge on any atom is 0.309 e. The first-order chi connectivity index (χ1) is 8.47. The molecule has 0 N–H and O–H groups in total. The van der Waals surface area contributed by atoms with Crippen molar-refractivity contribution in [1.29, 1.82) is 0 Å². The Morgan fingerprint density at radius 1 is 1.16 bits per heavy atom. The Balaban J connectivity index is 4.57. The van der Waals surface area contributed by atoms with Gasteiger partial charge >= 0.3 is 5.97 Å². The van der Waals surface area contributed by atoms with Gasteiger partial charge in [-0.05, 0) is 30.7 Å². The molecule has 114 valence electrons. The van der Waals surface area contributed by atoms with E-state index >= 15 is 0 Å². The first kappa shape index (κ1) is 18.6. The second kappa shape index (κ2) is 7.43. The van der Waals surface area contributed by atoms with Gasteiger partial charge in [-0.15, -0.1) is 0 Å². The lowest BCUT2D eigenvalue weighted by Gasteiger charge is -2.34. The van der Waals surface area contributed by atoms with Crippen molar-refractivity contribution in [3.8, 4) is 0 Å². The number of carbonyl (C=O) groups is 1. The van der Waals surface area contributed by atoms with Crippen LogP contribution in [-0.4, -0.2) is 27.8 Å². The Morgan fingerprint density at radius 2 is 1.68 bits per heavy atom. The summed E-state index contributed by atoms with van der Waals surface area (Å²) in [5.41, 5.74) is 0.0563. The van der Waals surface area contributed by atoms with E-state index < -0.39 is 9.04 Å². The van der Waals surface area contributed by atoms with Gasteiger partial charge < -0.3 is 9.16 Å². The molecule has 0 amide bonds. The van der Waals surface area contributed by atoms with E-state index in [1.165, 1.54) is 0 Å². The highest BCUT2D eigenvalue weighted by Gasteiger charge is 2.35. The molecular formula is C15H32O3Si. The lowest BCUT2D eigenvalue weighted by atomic mass is 9.72. The van der Waals surface area contributed by atoms with Gasteiger partial charge in [-0.1, -0.05) is 41.5 Å². The first-order valence-electron chi connectivity index (χ1n) is 7.25. The molecule has 0 aliphatic heterocycles. The zero-order chi connectivity index (χ0) is 15.3. The molecule has 0 aromatic heterocycles. The van der Waals surface area contributed by atoms with Crippen molar-refractivity contribution in [1.82, 2.24) is 0 Å². The average Bonchev–Trinajstić information content (AvgIpc) is 2.20. The Labute approximate surface area is 120 Å². The Kier molecular flexibility index (Phi) is 7.30. The van der Waals surface area contributed by atoms with Gasteiger partial charge in [0.25, 0.3) is 0 Å². The van der Waals surface area contributed by atoms with E-state index in [4.69, 9.17) is 9.16 Å². The highest BCUT2D eigenvalue weighted by atomic mass is 28.3. The highest BCUT2D eigenvalue weighted by molar-refractivity contribution is 6.50. The van der Waals surface area contributed by atoms with Gasteiger partial charge in [0.05, 0.1) is 5.92 Å². The summed E-state index contributed by atoms with van der Waals surface area (Å²) in [6, 6.07) is 0. The molecule has 0 aromatic carbocycles. The summed E-state index contributed by atoms with van der Waals surface area (Å²) in [6.45, 7) is 17.5. The summed E-state index contributed by atoms with van der Waals surface area (Å²) < 4.78 is 11.0. The summed E-state index contributed by atoms with van der Waals surface area (Å²) >= 11 is 0. The highest BCUT2D eigenvalue weighted by Crippen LogP contribution is 2.36. The van der Waals surface area contributed by atoms with Gasteiger partial charge in [0.2, 0.25) is 9.04 Å². The topological polar surface area (TPSA) is 35.5 Å². The molecule has 0 aliphatic rings. The molecule has 0 aromatic rings. The SMILES string of the molecule is CCO[SiH](C)COC(=O)C(CC(C)(C)C)C(C)(C)C. The molecule has 0 rings (SSSR count). The smallest absolute Gasteiger partial charge is 0.309 e.